The molecular formula is C7H12FNO2. The number of hydrogen-bond donors (Lipinski definition) is 1. The maximum atomic E-state index is 12.1. The Morgan fingerprint density at radius 1 is 1.73 bits per heavy atom. The average Bonchev–Trinajstić information content (AvgIpc) is 2.05. The molecule has 64 valence electrons. The van der Waals surface area contributed by atoms with E-state index in [1.165, 1.54) is 4.90 Å². The van der Waals surface area contributed by atoms with E-state index in [4.69, 9.17) is 5.11 Å². The fourth-order valence-electron chi connectivity index (χ4n) is 1.36. The third-order valence-electron chi connectivity index (χ3n) is 2.01. The quantitative estimate of drug-likeness (QED) is 0.630. The first-order valence-electron chi connectivity index (χ1n) is 3.78. The first-order chi connectivity index (χ1) is 5.24. The van der Waals surface area contributed by atoms with Gasteiger partial charge in [-0.15, -0.1) is 0 Å². The summed E-state index contributed by atoms with van der Waals surface area (Å²) in [6, 6.07) is 0. The third kappa shape index (κ3) is 2.06. The predicted molar refractivity (Wildman–Crippen MR) is 38.3 cm³/mol. The Bertz CT molecular complexity index is 151. The Hall–Kier alpha value is -0.800. The van der Waals surface area contributed by atoms with Gasteiger partial charge in [-0.25, -0.2) is 4.79 Å². The fourth-order valence-corrected chi connectivity index (χ4v) is 1.36. The van der Waals surface area contributed by atoms with Crippen LogP contribution < -0.4 is 0 Å². The van der Waals surface area contributed by atoms with Crippen LogP contribution in [0.15, 0.2) is 0 Å². The molecule has 1 aliphatic heterocycles. The maximum Gasteiger partial charge on any atom is 0.407 e. The van der Waals surface area contributed by atoms with Crippen LogP contribution in [0.4, 0.5) is 9.18 Å². The van der Waals surface area contributed by atoms with Gasteiger partial charge in [0.2, 0.25) is 0 Å². The number of nitrogens with zero attached hydrogens (tertiary/aromatic N) is 1. The number of likely N-dealkylation sites (tertiary alicyclic amines) is 1. The van der Waals surface area contributed by atoms with Crippen molar-refractivity contribution in [3.05, 3.63) is 0 Å². The van der Waals surface area contributed by atoms with Crippen LogP contribution >= 0.6 is 0 Å². The second-order valence-corrected chi connectivity index (χ2v) is 2.89. The van der Waals surface area contributed by atoms with Crippen LogP contribution in [0.5, 0.6) is 0 Å². The molecule has 0 bridgehead atoms. The van der Waals surface area contributed by atoms with E-state index in [0.717, 1.165) is 12.8 Å². The number of hydrogen-bond acceptors (Lipinski definition) is 1. The molecular weight excluding hydrogens is 149 g/mol. The number of piperidine rings is 1. The van der Waals surface area contributed by atoms with Crippen LogP contribution in [0.3, 0.4) is 0 Å². The summed E-state index contributed by atoms with van der Waals surface area (Å²) in [6.45, 7) is 0.529. The highest BCUT2D eigenvalue weighted by molar-refractivity contribution is 5.65. The molecule has 1 aliphatic rings. The number of amides is 1. The van der Waals surface area contributed by atoms with Gasteiger partial charge in [0.15, 0.2) is 0 Å². The predicted octanol–water partition coefficient (Wildman–Crippen LogP) is 1.35. The lowest BCUT2D eigenvalue weighted by atomic mass is 10.0. The lowest BCUT2D eigenvalue weighted by molar-refractivity contribution is 0.114. The van der Waals surface area contributed by atoms with Gasteiger partial charge >= 0.3 is 6.09 Å². The molecule has 1 heterocycles. The van der Waals surface area contributed by atoms with E-state index >= 15 is 0 Å². The summed E-state index contributed by atoms with van der Waals surface area (Å²) in [6.07, 6.45) is 0.685. The molecule has 1 saturated heterocycles. The van der Waals surface area contributed by atoms with E-state index in [1.54, 1.807) is 0 Å². The van der Waals surface area contributed by atoms with Crippen LogP contribution in [0.25, 0.3) is 0 Å². The molecule has 11 heavy (non-hydrogen) atoms. The number of rotatable bonds is 1. The van der Waals surface area contributed by atoms with Crippen molar-refractivity contribution in [2.24, 2.45) is 5.92 Å². The smallest absolute Gasteiger partial charge is 0.407 e. The van der Waals surface area contributed by atoms with Crippen LogP contribution in [0, 0.1) is 5.92 Å². The van der Waals surface area contributed by atoms with Gasteiger partial charge in [-0.3, -0.25) is 4.39 Å². The SMILES string of the molecule is O=C(O)N1CCC[C@H](CF)C1. The molecule has 1 atom stereocenters. The van der Waals surface area contributed by atoms with E-state index in [1.807, 2.05) is 0 Å². The van der Waals surface area contributed by atoms with E-state index in [-0.39, 0.29) is 5.92 Å². The summed E-state index contributed by atoms with van der Waals surface area (Å²) in [4.78, 5) is 11.7. The standard InChI is InChI=1S/C7H12FNO2/c8-4-6-2-1-3-9(5-6)7(10)11/h6H,1-5H2,(H,10,11)/t6-/m1/s1. The molecule has 0 aliphatic carbocycles. The zero-order chi connectivity index (χ0) is 8.27. The van der Waals surface area contributed by atoms with Gasteiger partial charge in [-0.2, -0.15) is 0 Å². The second kappa shape index (κ2) is 3.55. The van der Waals surface area contributed by atoms with Crippen LogP contribution in [0.1, 0.15) is 12.8 Å². The number of alkyl halides is 1. The van der Waals surface area contributed by atoms with E-state index in [0.29, 0.717) is 13.1 Å². The zero-order valence-corrected chi connectivity index (χ0v) is 6.29. The third-order valence-corrected chi connectivity index (χ3v) is 2.01. The highest BCUT2D eigenvalue weighted by atomic mass is 19.1. The van der Waals surface area contributed by atoms with Crippen molar-refractivity contribution >= 4 is 6.09 Å². The second-order valence-electron chi connectivity index (χ2n) is 2.89. The Labute approximate surface area is 64.8 Å². The minimum Gasteiger partial charge on any atom is -0.465 e. The molecule has 0 radical (unpaired) electrons. The van der Waals surface area contributed by atoms with Crippen LogP contribution in [-0.4, -0.2) is 35.9 Å². The first-order valence-corrected chi connectivity index (χ1v) is 3.78. The summed E-state index contributed by atoms with van der Waals surface area (Å²) in [7, 11) is 0. The molecule has 1 fully saturated rings. The molecule has 0 spiro atoms. The lowest BCUT2D eigenvalue weighted by Crippen LogP contribution is -2.39. The van der Waals surface area contributed by atoms with Crippen molar-refractivity contribution < 1.29 is 14.3 Å². The summed E-state index contributed by atoms with van der Waals surface area (Å²) in [5.74, 6) is -0.0696. The molecule has 0 aromatic rings. The normalized spacial score (nSPS) is 25.2. The van der Waals surface area contributed by atoms with Crippen molar-refractivity contribution in [1.29, 1.82) is 0 Å². The molecule has 3 nitrogen and oxygen atoms in total. The van der Waals surface area contributed by atoms with Crippen molar-refractivity contribution in [3.63, 3.8) is 0 Å². The van der Waals surface area contributed by atoms with Gasteiger partial charge in [-0.05, 0) is 12.8 Å². The van der Waals surface area contributed by atoms with E-state index < -0.39 is 12.8 Å². The molecule has 0 aromatic carbocycles. The van der Waals surface area contributed by atoms with Gasteiger partial charge in [0.25, 0.3) is 0 Å². The Balaban J connectivity index is 2.39. The highest BCUT2D eigenvalue weighted by Crippen LogP contribution is 2.16. The van der Waals surface area contributed by atoms with E-state index in [2.05, 4.69) is 0 Å². The molecule has 1 N–H and O–H groups in total. The van der Waals surface area contributed by atoms with Crippen LogP contribution in [0.2, 0.25) is 0 Å². The number of carbonyl (C=O) groups is 1. The minimum absolute atomic E-state index is 0.0696. The van der Waals surface area contributed by atoms with Gasteiger partial charge in [0, 0.05) is 19.0 Å². The van der Waals surface area contributed by atoms with Crippen LogP contribution in [-0.2, 0) is 0 Å². The Morgan fingerprint density at radius 2 is 2.45 bits per heavy atom. The van der Waals surface area contributed by atoms with Crippen molar-refractivity contribution in [2.75, 3.05) is 19.8 Å². The monoisotopic (exact) mass is 161 g/mol. The molecule has 0 aromatic heterocycles. The molecule has 1 amide bonds. The van der Waals surface area contributed by atoms with Crippen molar-refractivity contribution in [3.8, 4) is 0 Å². The lowest BCUT2D eigenvalue weighted by Gasteiger charge is -2.28. The molecule has 4 heteroatoms. The topological polar surface area (TPSA) is 40.5 Å². The summed E-state index contributed by atoms with van der Waals surface area (Å²) < 4.78 is 12.1. The highest BCUT2D eigenvalue weighted by Gasteiger charge is 2.22. The van der Waals surface area contributed by atoms with Gasteiger partial charge in [-0.1, -0.05) is 0 Å². The maximum absolute atomic E-state index is 12.1. The largest absolute Gasteiger partial charge is 0.465 e. The Morgan fingerprint density at radius 3 is 3.00 bits per heavy atom. The number of carboxylic acid groups (broad SMARTS) is 1. The van der Waals surface area contributed by atoms with Crippen molar-refractivity contribution in [1.82, 2.24) is 4.90 Å². The first kappa shape index (κ1) is 8.30. The zero-order valence-electron chi connectivity index (χ0n) is 6.29. The van der Waals surface area contributed by atoms with Gasteiger partial charge < -0.3 is 10.0 Å². The summed E-state index contributed by atoms with van der Waals surface area (Å²) >= 11 is 0. The number of halogens is 1. The molecule has 0 unspecified atom stereocenters. The summed E-state index contributed by atoms with van der Waals surface area (Å²) in [5.41, 5.74) is 0. The van der Waals surface area contributed by atoms with Gasteiger partial charge in [0.1, 0.15) is 0 Å². The molecule has 0 saturated carbocycles. The van der Waals surface area contributed by atoms with Gasteiger partial charge in [0.05, 0.1) is 6.67 Å². The minimum atomic E-state index is -0.928. The molecule has 1 rings (SSSR count). The van der Waals surface area contributed by atoms with Crippen molar-refractivity contribution in [2.45, 2.75) is 12.8 Å². The summed E-state index contributed by atoms with van der Waals surface area (Å²) in [5, 5.41) is 8.56. The fraction of sp³-hybridized carbons (Fsp3) is 0.857. The van der Waals surface area contributed by atoms with E-state index in [9.17, 15) is 9.18 Å². The average molecular weight is 161 g/mol. The Kier molecular flexibility index (Phi) is 2.68.